The lowest BCUT2D eigenvalue weighted by Gasteiger charge is -2.54. The van der Waals surface area contributed by atoms with Crippen molar-refractivity contribution >= 4 is 11.8 Å². The van der Waals surface area contributed by atoms with Gasteiger partial charge in [0.05, 0.1) is 12.7 Å². The molecule has 2 saturated carbocycles. The molecule has 0 saturated heterocycles. The van der Waals surface area contributed by atoms with E-state index in [4.69, 9.17) is 4.74 Å². The van der Waals surface area contributed by atoms with E-state index in [1.54, 1.807) is 13.0 Å². The first kappa shape index (κ1) is 14.3. The van der Waals surface area contributed by atoms with E-state index in [0.717, 1.165) is 12.8 Å². The van der Waals surface area contributed by atoms with Crippen LogP contribution in [0.4, 0.5) is 0 Å². The lowest BCUT2D eigenvalue weighted by atomic mass is 9.51. The molecule has 0 spiro atoms. The van der Waals surface area contributed by atoms with Crippen molar-refractivity contribution in [2.45, 2.75) is 44.6 Å². The van der Waals surface area contributed by atoms with E-state index in [1.807, 2.05) is 0 Å². The molecule has 0 unspecified atom stereocenters. The second-order valence-electron chi connectivity index (χ2n) is 6.03. The number of carbonyl (C=O) groups excluding carboxylic acids is 2. The summed E-state index contributed by atoms with van der Waals surface area (Å²) >= 11 is 0. The maximum absolute atomic E-state index is 12.4. The Morgan fingerprint density at radius 1 is 1.63 bits per heavy atom. The largest absolute Gasteiger partial charge is 0.468 e. The van der Waals surface area contributed by atoms with Crippen molar-refractivity contribution < 1.29 is 19.4 Å². The van der Waals surface area contributed by atoms with Crippen molar-refractivity contribution in [3.63, 3.8) is 0 Å². The Morgan fingerprint density at radius 2 is 2.32 bits per heavy atom. The molecule has 2 bridgehead atoms. The third kappa shape index (κ3) is 1.93. The molecular formula is C15H22O4. The third-order valence-corrected chi connectivity index (χ3v) is 5.12. The summed E-state index contributed by atoms with van der Waals surface area (Å²) in [5.74, 6) is -0.897. The number of rotatable bonds is 3. The van der Waals surface area contributed by atoms with Crippen LogP contribution in [0.2, 0.25) is 0 Å². The van der Waals surface area contributed by atoms with Crippen LogP contribution in [0, 0.1) is 17.3 Å². The molecule has 4 atom stereocenters. The van der Waals surface area contributed by atoms with E-state index in [2.05, 4.69) is 6.58 Å². The second-order valence-corrected chi connectivity index (χ2v) is 6.03. The number of esters is 1. The number of hydrogen-bond acceptors (Lipinski definition) is 4. The minimum atomic E-state index is -1.12. The third-order valence-electron chi connectivity index (χ3n) is 5.12. The number of allylic oxidation sites excluding steroid dienone is 1. The van der Waals surface area contributed by atoms with Crippen molar-refractivity contribution in [3.8, 4) is 0 Å². The van der Waals surface area contributed by atoms with Crippen LogP contribution in [0.25, 0.3) is 0 Å². The molecular weight excluding hydrogens is 244 g/mol. The van der Waals surface area contributed by atoms with Crippen LogP contribution >= 0.6 is 0 Å². The Balaban J connectivity index is 2.45. The van der Waals surface area contributed by atoms with Crippen molar-refractivity contribution in [2.24, 2.45) is 17.3 Å². The van der Waals surface area contributed by atoms with Crippen molar-refractivity contribution in [2.75, 3.05) is 7.11 Å². The number of fused-ring (bicyclic) bond motifs is 2. The van der Waals surface area contributed by atoms with Crippen molar-refractivity contribution in [1.82, 2.24) is 0 Å². The first-order valence-electron chi connectivity index (χ1n) is 6.85. The maximum atomic E-state index is 12.4. The summed E-state index contributed by atoms with van der Waals surface area (Å²) < 4.78 is 4.85. The van der Waals surface area contributed by atoms with Gasteiger partial charge in [0.2, 0.25) is 0 Å². The van der Waals surface area contributed by atoms with Gasteiger partial charge in [0, 0.05) is 6.42 Å². The molecule has 0 aromatic rings. The molecule has 0 amide bonds. The number of carbonyl (C=O) groups is 2. The normalized spacial score (nSPS) is 41.7. The minimum absolute atomic E-state index is 0.0492. The SMILES string of the molecule is C=CC[C@H]1[C@H]2CCC[C@]1(O)CC(=O)[C@]2(C)C(=O)OC. The molecule has 1 N–H and O–H groups in total. The van der Waals surface area contributed by atoms with Crippen LogP contribution in [-0.4, -0.2) is 29.6 Å². The smallest absolute Gasteiger partial charge is 0.319 e. The highest BCUT2D eigenvalue weighted by molar-refractivity contribution is 6.05. The summed E-state index contributed by atoms with van der Waals surface area (Å²) in [5.41, 5.74) is -2.09. The fraction of sp³-hybridized carbons (Fsp3) is 0.733. The first-order valence-corrected chi connectivity index (χ1v) is 6.85. The summed E-state index contributed by atoms with van der Waals surface area (Å²) in [5, 5.41) is 10.7. The molecule has 0 aromatic carbocycles. The monoisotopic (exact) mass is 266 g/mol. The Kier molecular flexibility index (Phi) is 3.56. The number of ether oxygens (including phenoxy) is 1. The second kappa shape index (κ2) is 4.75. The highest BCUT2D eigenvalue weighted by Gasteiger charge is 2.62. The predicted molar refractivity (Wildman–Crippen MR) is 70.3 cm³/mol. The number of methoxy groups -OCH3 is 1. The Labute approximate surface area is 113 Å². The van der Waals surface area contributed by atoms with Crippen LogP contribution in [0.3, 0.4) is 0 Å². The van der Waals surface area contributed by atoms with Gasteiger partial charge in [0.1, 0.15) is 5.41 Å². The maximum Gasteiger partial charge on any atom is 0.319 e. The van der Waals surface area contributed by atoms with Crippen LogP contribution in [-0.2, 0) is 14.3 Å². The molecule has 0 aliphatic heterocycles. The number of Topliss-reactive ketones (excluding diaryl/α,β-unsaturated/α-hetero) is 1. The summed E-state index contributed by atoms with van der Waals surface area (Å²) in [6, 6.07) is 0. The number of ketones is 1. The van der Waals surface area contributed by atoms with Gasteiger partial charge in [-0.1, -0.05) is 12.5 Å². The Bertz CT molecular complexity index is 416. The van der Waals surface area contributed by atoms with E-state index in [-0.39, 0.29) is 24.0 Å². The van der Waals surface area contributed by atoms with Gasteiger partial charge >= 0.3 is 5.97 Å². The fourth-order valence-corrected chi connectivity index (χ4v) is 4.01. The highest BCUT2D eigenvalue weighted by Crippen LogP contribution is 2.55. The average Bonchev–Trinajstić information content (AvgIpc) is 2.37. The lowest BCUT2D eigenvalue weighted by Crippen LogP contribution is -2.61. The molecule has 2 aliphatic carbocycles. The van der Waals surface area contributed by atoms with Gasteiger partial charge in [-0.15, -0.1) is 6.58 Å². The quantitative estimate of drug-likeness (QED) is 0.481. The fourth-order valence-electron chi connectivity index (χ4n) is 4.01. The van der Waals surface area contributed by atoms with Crippen LogP contribution in [0.15, 0.2) is 12.7 Å². The number of hydrogen-bond donors (Lipinski definition) is 1. The zero-order valence-corrected chi connectivity index (χ0v) is 11.6. The number of aliphatic hydroxyl groups is 1. The van der Waals surface area contributed by atoms with Crippen LogP contribution < -0.4 is 0 Å². The molecule has 19 heavy (non-hydrogen) atoms. The molecule has 2 aliphatic rings. The van der Waals surface area contributed by atoms with E-state index >= 15 is 0 Å². The Morgan fingerprint density at radius 3 is 2.89 bits per heavy atom. The minimum Gasteiger partial charge on any atom is -0.468 e. The first-order chi connectivity index (χ1) is 8.90. The molecule has 106 valence electrons. The van der Waals surface area contributed by atoms with Gasteiger partial charge in [0.15, 0.2) is 5.78 Å². The lowest BCUT2D eigenvalue weighted by molar-refractivity contribution is -0.186. The van der Waals surface area contributed by atoms with Gasteiger partial charge in [-0.25, -0.2) is 0 Å². The van der Waals surface area contributed by atoms with E-state index in [0.29, 0.717) is 12.8 Å². The van der Waals surface area contributed by atoms with Crippen molar-refractivity contribution in [3.05, 3.63) is 12.7 Å². The van der Waals surface area contributed by atoms with E-state index in [1.165, 1.54) is 7.11 Å². The average molecular weight is 266 g/mol. The molecule has 4 nitrogen and oxygen atoms in total. The van der Waals surface area contributed by atoms with Gasteiger partial charge in [0.25, 0.3) is 0 Å². The highest BCUT2D eigenvalue weighted by atomic mass is 16.5. The molecule has 0 aromatic heterocycles. The van der Waals surface area contributed by atoms with Crippen molar-refractivity contribution in [1.29, 1.82) is 0 Å². The molecule has 0 heterocycles. The van der Waals surface area contributed by atoms with Gasteiger partial charge in [-0.3, -0.25) is 9.59 Å². The van der Waals surface area contributed by atoms with Gasteiger partial charge in [-0.05, 0) is 38.0 Å². The molecule has 4 heteroatoms. The predicted octanol–water partition coefficient (Wildman–Crippen LogP) is 1.86. The summed E-state index contributed by atoms with van der Waals surface area (Å²) in [6.45, 7) is 5.41. The summed E-state index contributed by atoms with van der Waals surface area (Å²) in [6.07, 6.45) is 4.69. The topological polar surface area (TPSA) is 63.6 Å². The zero-order chi connectivity index (χ0) is 14.3. The van der Waals surface area contributed by atoms with E-state index < -0.39 is 17.0 Å². The van der Waals surface area contributed by atoms with Crippen LogP contribution in [0.1, 0.15) is 39.0 Å². The van der Waals surface area contributed by atoms with E-state index in [9.17, 15) is 14.7 Å². The Hall–Kier alpha value is -1.16. The summed E-state index contributed by atoms with van der Waals surface area (Å²) in [4.78, 5) is 24.5. The molecule has 2 fully saturated rings. The van der Waals surface area contributed by atoms with Gasteiger partial charge < -0.3 is 9.84 Å². The standard InChI is InChI=1S/C15H22O4/c1-4-6-11-10-7-5-8-15(11,18)9-12(16)14(10,2)13(17)19-3/h4,10-11,18H,1,5-9H2,2-3H3/t10-,11+,14-,15+/m1/s1. The van der Waals surface area contributed by atoms with Crippen LogP contribution in [0.5, 0.6) is 0 Å². The van der Waals surface area contributed by atoms with Gasteiger partial charge in [-0.2, -0.15) is 0 Å². The molecule has 0 radical (unpaired) electrons. The summed E-state index contributed by atoms with van der Waals surface area (Å²) in [7, 11) is 1.31. The zero-order valence-electron chi connectivity index (χ0n) is 11.6. The molecule has 2 rings (SSSR count).